The molecule has 0 aliphatic carbocycles. The molecule has 138 valence electrons. The molecule has 0 radical (unpaired) electrons. The Bertz CT molecular complexity index is 770. The number of ketones is 1. The van der Waals surface area contributed by atoms with E-state index < -0.39 is 0 Å². The zero-order valence-corrected chi connectivity index (χ0v) is 15.5. The Morgan fingerprint density at radius 3 is 2.69 bits per heavy atom. The van der Waals surface area contributed by atoms with Crippen molar-refractivity contribution in [2.45, 2.75) is 51.5 Å². The number of hydrogen-bond donors (Lipinski definition) is 1. The number of aromatic nitrogens is 3. The lowest BCUT2D eigenvalue weighted by atomic mass is 10.1. The molecule has 1 amide bonds. The quantitative estimate of drug-likeness (QED) is 0.756. The molecule has 6 nitrogen and oxygen atoms in total. The number of Topliss-reactive ketones (excluding diaryl/α,β-unsaturated/α-hetero) is 1. The number of amides is 1. The average Bonchev–Trinajstić information content (AvgIpc) is 2.87. The maximum atomic E-state index is 12.1. The molecule has 1 aromatic carbocycles. The van der Waals surface area contributed by atoms with Gasteiger partial charge < -0.3 is 9.88 Å². The number of nitrogens with one attached hydrogen (secondary N) is 1. The van der Waals surface area contributed by atoms with Crippen LogP contribution in [-0.2, 0) is 24.2 Å². The summed E-state index contributed by atoms with van der Waals surface area (Å²) in [6, 6.07) is 6.71. The Balaban J connectivity index is 1.41. The summed E-state index contributed by atoms with van der Waals surface area (Å²) < 4.78 is 2.18. The van der Waals surface area contributed by atoms with E-state index in [0.29, 0.717) is 23.6 Å². The predicted molar refractivity (Wildman–Crippen MR) is 99.3 cm³/mol. The van der Waals surface area contributed by atoms with Crippen molar-refractivity contribution in [3.63, 3.8) is 0 Å². The summed E-state index contributed by atoms with van der Waals surface area (Å²) in [5.41, 5.74) is 0.577. The lowest BCUT2D eigenvalue weighted by Gasteiger charge is -2.08. The van der Waals surface area contributed by atoms with E-state index >= 15 is 0 Å². The van der Waals surface area contributed by atoms with Gasteiger partial charge in [-0.25, -0.2) is 0 Å². The van der Waals surface area contributed by atoms with Crippen LogP contribution < -0.4 is 5.32 Å². The highest BCUT2D eigenvalue weighted by atomic mass is 35.5. The van der Waals surface area contributed by atoms with Gasteiger partial charge in [-0.2, -0.15) is 0 Å². The normalized spacial score (nSPS) is 13.7. The zero-order chi connectivity index (χ0) is 18.4. The maximum Gasteiger partial charge on any atom is 0.220 e. The first-order valence-electron chi connectivity index (χ1n) is 9.10. The second-order valence-corrected chi connectivity index (χ2v) is 6.96. The van der Waals surface area contributed by atoms with E-state index in [1.165, 1.54) is 6.42 Å². The Labute approximate surface area is 158 Å². The zero-order valence-electron chi connectivity index (χ0n) is 14.7. The molecule has 0 saturated carbocycles. The SMILES string of the molecule is O=C(CCC(=O)c1ccc(Cl)cc1)NCCc1nnc2n1CCCCC2. The summed E-state index contributed by atoms with van der Waals surface area (Å²) in [4.78, 5) is 24.0. The Morgan fingerprint density at radius 2 is 1.88 bits per heavy atom. The van der Waals surface area contributed by atoms with Crippen molar-refractivity contribution in [3.05, 3.63) is 46.5 Å². The highest BCUT2D eigenvalue weighted by molar-refractivity contribution is 6.30. The number of carbonyl (C=O) groups excluding carboxylic acids is 2. The Morgan fingerprint density at radius 1 is 1.08 bits per heavy atom. The molecule has 3 rings (SSSR count). The van der Waals surface area contributed by atoms with Crippen molar-refractivity contribution in [3.8, 4) is 0 Å². The fourth-order valence-electron chi connectivity index (χ4n) is 3.14. The third kappa shape index (κ3) is 4.91. The highest BCUT2D eigenvalue weighted by Gasteiger charge is 2.15. The summed E-state index contributed by atoms with van der Waals surface area (Å²) in [6.45, 7) is 1.47. The van der Waals surface area contributed by atoms with Crippen molar-refractivity contribution in [2.75, 3.05) is 6.54 Å². The molecule has 0 fully saturated rings. The van der Waals surface area contributed by atoms with E-state index in [-0.39, 0.29) is 24.5 Å². The number of halogens is 1. The first-order valence-corrected chi connectivity index (χ1v) is 9.47. The monoisotopic (exact) mass is 374 g/mol. The van der Waals surface area contributed by atoms with Gasteiger partial charge in [-0.3, -0.25) is 9.59 Å². The average molecular weight is 375 g/mol. The largest absolute Gasteiger partial charge is 0.356 e. The minimum absolute atomic E-state index is 0.0559. The third-order valence-corrected chi connectivity index (χ3v) is 4.85. The van der Waals surface area contributed by atoms with Crippen molar-refractivity contribution in [1.82, 2.24) is 20.1 Å². The predicted octanol–water partition coefficient (Wildman–Crippen LogP) is 2.98. The third-order valence-electron chi connectivity index (χ3n) is 4.60. The van der Waals surface area contributed by atoms with Gasteiger partial charge in [-0.05, 0) is 37.1 Å². The van der Waals surface area contributed by atoms with Crippen molar-refractivity contribution in [1.29, 1.82) is 0 Å². The van der Waals surface area contributed by atoms with Gasteiger partial charge in [0.1, 0.15) is 11.6 Å². The van der Waals surface area contributed by atoms with Crippen LogP contribution in [0, 0.1) is 0 Å². The van der Waals surface area contributed by atoms with Crippen LogP contribution in [-0.4, -0.2) is 33.0 Å². The van der Waals surface area contributed by atoms with Crippen LogP contribution in [0.5, 0.6) is 0 Å². The second kappa shape index (κ2) is 8.94. The van der Waals surface area contributed by atoms with Gasteiger partial charge in [0, 0.05) is 49.4 Å². The smallest absolute Gasteiger partial charge is 0.220 e. The standard InChI is InChI=1S/C19H23ClN4O2/c20-15-7-5-14(6-8-15)16(25)9-10-19(26)21-12-11-18-23-22-17-4-2-1-3-13-24(17)18/h5-8H,1-4,9-13H2,(H,21,26). The van der Waals surface area contributed by atoms with Gasteiger partial charge in [0.2, 0.25) is 5.91 Å². The molecular formula is C19H23ClN4O2. The number of carbonyl (C=O) groups is 2. The van der Waals surface area contributed by atoms with Crippen LogP contribution >= 0.6 is 11.6 Å². The molecule has 1 N–H and O–H groups in total. The Kier molecular flexibility index (Phi) is 6.39. The van der Waals surface area contributed by atoms with Crippen LogP contribution in [0.2, 0.25) is 5.02 Å². The molecule has 1 aliphatic rings. The van der Waals surface area contributed by atoms with E-state index in [9.17, 15) is 9.59 Å². The van der Waals surface area contributed by atoms with E-state index in [2.05, 4.69) is 20.1 Å². The number of nitrogens with zero attached hydrogens (tertiary/aromatic N) is 3. The van der Waals surface area contributed by atoms with E-state index in [0.717, 1.165) is 37.5 Å². The molecule has 0 spiro atoms. The van der Waals surface area contributed by atoms with Gasteiger partial charge in [0.25, 0.3) is 0 Å². The summed E-state index contributed by atoms with van der Waals surface area (Å²) in [6.07, 6.45) is 5.54. The lowest BCUT2D eigenvalue weighted by molar-refractivity contribution is -0.121. The van der Waals surface area contributed by atoms with Crippen LogP contribution in [0.1, 0.15) is 54.1 Å². The highest BCUT2D eigenvalue weighted by Crippen LogP contribution is 2.14. The fourth-order valence-corrected chi connectivity index (χ4v) is 3.27. The molecular weight excluding hydrogens is 352 g/mol. The Hall–Kier alpha value is -2.21. The lowest BCUT2D eigenvalue weighted by Crippen LogP contribution is -2.27. The molecule has 0 atom stereocenters. The number of aryl methyl sites for hydroxylation is 1. The van der Waals surface area contributed by atoms with E-state index in [1.54, 1.807) is 24.3 Å². The summed E-state index contributed by atoms with van der Waals surface area (Å²) >= 11 is 5.81. The van der Waals surface area contributed by atoms with Crippen molar-refractivity contribution in [2.24, 2.45) is 0 Å². The summed E-state index contributed by atoms with van der Waals surface area (Å²) in [5.74, 6) is 1.80. The van der Waals surface area contributed by atoms with Crippen LogP contribution in [0.15, 0.2) is 24.3 Å². The number of benzene rings is 1. The van der Waals surface area contributed by atoms with Crippen LogP contribution in [0.25, 0.3) is 0 Å². The minimum atomic E-state index is -0.122. The van der Waals surface area contributed by atoms with Gasteiger partial charge in [0.05, 0.1) is 0 Å². The first-order chi connectivity index (χ1) is 12.6. The molecule has 0 unspecified atom stereocenters. The molecule has 2 aromatic rings. The first kappa shape index (κ1) is 18.6. The molecule has 7 heteroatoms. The maximum absolute atomic E-state index is 12.1. The number of rotatable bonds is 7. The van der Waals surface area contributed by atoms with Gasteiger partial charge in [-0.1, -0.05) is 18.0 Å². The second-order valence-electron chi connectivity index (χ2n) is 6.52. The molecule has 2 heterocycles. The number of hydrogen-bond acceptors (Lipinski definition) is 4. The fraction of sp³-hybridized carbons (Fsp3) is 0.474. The van der Waals surface area contributed by atoms with E-state index in [4.69, 9.17) is 11.6 Å². The van der Waals surface area contributed by atoms with Gasteiger partial charge in [-0.15, -0.1) is 10.2 Å². The van der Waals surface area contributed by atoms with Crippen molar-refractivity contribution < 1.29 is 9.59 Å². The van der Waals surface area contributed by atoms with Crippen molar-refractivity contribution >= 4 is 23.3 Å². The minimum Gasteiger partial charge on any atom is -0.356 e. The molecule has 1 aliphatic heterocycles. The molecule has 1 aromatic heterocycles. The molecule has 26 heavy (non-hydrogen) atoms. The van der Waals surface area contributed by atoms with Gasteiger partial charge >= 0.3 is 0 Å². The van der Waals surface area contributed by atoms with Crippen LogP contribution in [0.4, 0.5) is 0 Å². The molecule has 0 saturated heterocycles. The van der Waals surface area contributed by atoms with Crippen LogP contribution in [0.3, 0.4) is 0 Å². The van der Waals surface area contributed by atoms with Gasteiger partial charge in [0.15, 0.2) is 5.78 Å². The molecule has 0 bridgehead atoms. The summed E-state index contributed by atoms with van der Waals surface area (Å²) in [7, 11) is 0. The topological polar surface area (TPSA) is 76.9 Å². The van der Waals surface area contributed by atoms with E-state index in [1.807, 2.05) is 0 Å². The number of fused-ring (bicyclic) bond motifs is 1. The summed E-state index contributed by atoms with van der Waals surface area (Å²) in [5, 5.41) is 12.0.